The van der Waals surface area contributed by atoms with E-state index >= 15 is 0 Å². The zero-order valence-corrected chi connectivity index (χ0v) is 17.2. The minimum Gasteiger partial charge on any atom is -0.365 e. The van der Waals surface area contributed by atoms with Crippen molar-refractivity contribution in [3.63, 3.8) is 0 Å². The molecule has 1 atom stereocenters. The molecule has 0 aromatic carbocycles. The largest absolute Gasteiger partial charge is 0.365 e. The maximum Gasteiger partial charge on any atom is 0.154 e. The maximum atomic E-state index is 4.74. The highest BCUT2D eigenvalue weighted by Gasteiger charge is 2.27. The molecule has 1 N–H and O–H groups in total. The average molecular weight is 381 g/mol. The van der Waals surface area contributed by atoms with Crippen LogP contribution in [0.1, 0.15) is 32.9 Å². The third-order valence-corrected chi connectivity index (χ3v) is 5.09. The van der Waals surface area contributed by atoms with Crippen LogP contribution in [0.5, 0.6) is 0 Å². The number of nitrogens with one attached hydrogen (secondary N) is 1. The van der Waals surface area contributed by atoms with Crippen molar-refractivity contribution in [3.05, 3.63) is 36.5 Å². The Balaban J connectivity index is 1.53. The number of anilines is 3. The van der Waals surface area contributed by atoms with Crippen LogP contribution in [0, 0.1) is 0 Å². The van der Waals surface area contributed by atoms with Crippen LogP contribution in [-0.4, -0.2) is 57.8 Å². The number of hydrogen-bond donors (Lipinski definition) is 1. The van der Waals surface area contributed by atoms with Crippen LogP contribution < -0.4 is 15.1 Å². The monoisotopic (exact) mass is 380 g/mol. The predicted molar refractivity (Wildman–Crippen MR) is 112 cm³/mol. The molecule has 0 bridgehead atoms. The van der Waals surface area contributed by atoms with Gasteiger partial charge in [-0.3, -0.25) is 0 Å². The molecule has 8 nitrogen and oxygen atoms in total. The first kappa shape index (κ1) is 18.5. The van der Waals surface area contributed by atoms with E-state index in [0.717, 1.165) is 48.2 Å². The fraction of sp³-hybridized carbons (Fsp3) is 0.500. The fourth-order valence-corrected chi connectivity index (χ4v) is 3.47. The number of fused-ring (bicyclic) bond motifs is 1. The zero-order valence-electron chi connectivity index (χ0n) is 17.2. The van der Waals surface area contributed by atoms with Gasteiger partial charge in [0.2, 0.25) is 0 Å². The van der Waals surface area contributed by atoms with Crippen LogP contribution >= 0.6 is 0 Å². The molecule has 4 rings (SSSR count). The minimum atomic E-state index is 0.00947. The SMILES string of the molecule is CN(C)c1cc(NC2CCN(c3nccn4nc(C(C)(C)C)cc34)C2)ncn1. The Hall–Kier alpha value is -2.90. The summed E-state index contributed by atoms with van der Waals surface area (Å²) in [4.78, 5) is 17.6. The van der Waals surface area contributed by atoms with Gasteiger partial charge in [0.1, 0.15) is 23.5 Å². The lowest BCUT2D eigenvalue weighted by Gasteiger charge is -2.19. The second kappa shape index (κ2) is 6.92. The number of hydrogen-bond acceptors (Lipinski definition) is 7. The molecule has 0 amide bonds. The van der Waals surface area contributed by atoms with Crippen LogP contribution in [0.15, 0.2) is 30.9 Å². The molecule has 1 fully saturated rings. The normalized spacial score (nSPS) is 17.3. The quantitative estimate of drug-likeness (QED) is 0.745. The summed E-state index contributed by atoms with van der Waals surface area (Å²) in [6, 6.07) is 4.46. The molecule has 8 heteroatoms. The van der Waals surface area contributed by atoms with E-state index in [1.807, 2.05) is 42.0 Å². The maximum absolute atomic E-state index is 4.74. The van der Waals surface area contributed by atoms with Gasteiger partial charge in [0.15, 0.2) is 5.82 Å². The van der Waals surface area contributed by atoms with Crippen molar-refractivity contribution in [2.24, 2.45) is 0 Å². The summed E-state index contributed by atoms with van der Waals surface area (Å²) in [5.74, 6) is 2.75. The van der Waals surface area contributed by atoms with Crippen LogP contribution in [0.4, 0.5) is 17.5 Å². The molecule has 1 aliphatic rings. The Kier molecular flexibility index (Phi) is 4.56. The van der Waals surface area contributed by atoms with Gasteiger partial charge >= 0.3 is 0 Å². The Labute approximate surface area is 165 Å². The van der Waals surface area contributed by atoms with E-state index in [9.17, 15) is 0 Å². The first-order valence-corrected chi connectivity index (χ1v) is 9.67. The van der Waals surface area contributed by atoms with E-state index in [0.29, 0.717) is 6.04 Å². The van der Waals surface area contributed by atoms with Crippen molar-refractivity contribution in [2.75, 3.05) is 42.3 Å². The third-order valence-electron chi connectivity index (χ3n) is 5.09. The molecule has 0 radical (unpaired) electrons. The molecule has 28 heavy (non-hydrogen) atoms. The van der Waals surface area contributed by atoms with Crippen molar-refractivity contribution in [1.82, 2.24) is 24.6 Å². The van der Waals surface area contributed by atoms with Gasteiger partial charge in [0.25, 0.3) is 0 Å². The van der Waals surface area contributed by atoms with Gasteiger partial charge in [-0.15, -0.1) is 0 Å². The molecule has 0 spiro atoms. The summed E-state index contributed by atoms with van der Waals surface area (Å²) in [5, 5.41) is 8.29. The Morgan fingerprint density at radius 1 is 1.14 bits per heavy atom. The topological polar surface area (TPSA) is 74.5 Å². The summed E-state index contributed by atoms with van der Waals surface area (Å²) < 4.78 is 1.94. The molecular weight excluding hydrogens is 352 g/mol. The van der Waals surface area contributed by atoms with Crippen molar-refractivity contribution in [1.29, 1.82) is 0 Å². The van der Waals surface area contributed by atoms with Crippen LogP contribution in [-0.2, 0) is 5.41 Å². The highest BCUT2D eigenvalue weighted by Crippen LogP contribution is 2.28. The predicted octanol–water partition coefficient (Wildman–Crippen LogP) is 2.57. The molecule has 1 aliphatic heterocycles. The fourth-order valence-electron chi connectivity index (χ4n) is 3.47. The minimum absolute atomic E-state index is 0.00947. The molecule has 4 heterocycles. The molecular formula is C20H28N8. The molecule has 3 aromatic heterocycles. The number of aromatic nitrogens is 5. The number of nitrogens with zero attached hydrogens (tertiary/aromatic N) is 7. The van der Waals surface area contributed by atoms with Crippen LogP contribution in [0.25, 0.3) is 5.52 Å². The molecule has 1 unspecified atom stereocenters. The van der Waals surface area contributed by atoms with E-state index in [4.69, 9.17) is 5.10 Å². The second-order valence-electron chi connectivity index (χ2n) is 8.59. The highest BCUT2D eigenvalue weighted by atomic mass is 15.3. The van der Waals surface area contributed by atoms with Gasteiger partial charge in [-0.1, -0.05) is 20.8 Å². The Morgan fingerprint density at radius 2 is 1.96 bits per heavy atom. The van der Waals surface area contributed by atoms with E-state index in [1.165, 1.54) is 0 Å². The lowest BCUT2D eigenvalue weighted by atomic mass is 9.92. The van der Waals surface area contributed by atoms with Crippen molar-refractivity contribution >= 4 is 23.0 Å². The summed E-state index contributed by atoms with van der Waals surface area (Å²) in [5.41, 5.74) is 2.15. The van der Waals surface area contributed by atoms with Crippen LogP contribution in [0.3, 0.4) is 0 Å². The Morgan fingerprint density at radius 3 is 2.71 bits per heavy atom. The zero-order chi connectivity index (χ0) is 19.9. The van der Waals surface area contributed by atoms with Crippen molar-refractivity contribution in [2.45, 2.75) is 38.6 Å². The highest BCUT2D eigenvalue weighted by molar-refractivity contribution is 5.70. The smallest absolute Gasteiger partial charge is 0.154 e. The van der Waals surface area contributed by atoms with E-state index in [-0.39, 0.29) is 5.41 Å². The van der Waals surface area contributed by atoms with Gasteiger partial charge in [-0.2, -0.15) is 5.10 Å². The van der Waals surface area contributed by atoms with Crippen LogP contribution in [0.2, 0.25) is 0 Å². The first-order chi connectivity index (χ1) is 13.3. The van der Waals surface area contributed by atoms with E-state index < -0.39 is 0 Å². The van der Waals surface area contributed by atoms with Gasteiger partial charge in [0.05, 0.1) is 5.69 Å². The average Bonchev–Trinajstić information content (AvgIpc) is 3.28. The summed E-state index contributed by atoms with van der Waals surface area (Å²) >= 11 is 0. The summed E-state index contributed by atoms with van der Waals surface area (Å²) in [7, 11) is 3.96. The van der Waals surface area contributed by atoms with Gasteiger partial charge in [-0.25, -0.2) is 19.5 Å². The molecule has 1 saturated heterocycles. The lowest BCUT2D eigenvalue weighted by molar-refractivity contribution is 0.562. The molecule has 0 saturated carbocycles. The standard InChI is InChI=1S/C20H28N8/c1-20(2,3)16-10-15-19(21-7-9-28(15)25-16)27-8-6-14(12-27)24-17-11-18(26(4)5)23-13-22-17/h7,9-11,13-14H,6,8,12H2,1-5H3,(H,22,23,24). The van der Waals surface area contributed by atoms with Gasteiger partial charge in [-0.05, 0) is 12.5 Å². The van der Waals surface area contributed by atoms with Gasteiger partial charge < -0.3 is 15.1 Å². The lowest BCUT2D eigenvalue weighted by Crippen LogP contribution is -2.27. The van der Waals surface area contributed by atoms with Crippen molar-refractivity contribution in [3.8, 4) is 0 Å². The van der Waals surface area contributed by atoms with E-state index in [1.54, 1.807) is 6.33 Å². The summed E-state index contributed by atoms with van der Waals surface area (Å²) in [6.07, 6.45) is 6.39. The second-order valence-corrected chi connectivity index (χ2v) is 8.59. The molecule has 148 valence electrons. The Bertz CT molecular complexity index is 972. The molecule has 0 aliphatic carbocycles. The summed E-state index contributed by atoms with van der Waals surface area (Å²) in [6.45, 7) is 8.38. The van der Waals surface area contributed by atoms with E-state index in [2.05, 4.69) is 52.0 Å². The van der Waals surface area contributed by atoms with Crippen molar-refractivity contribution < 1.29 is 0 Å². The first-order valence-electron chi connectivity index (χ1n) is 9.67. The number of rotatable bonds is 4. The third kappa shape index (κ3) is 3.58. The van der Waals surface area contributed by atoms with Gasteiger partial charge in [0, 0.05) is 57.1 Å². The molecule has 3 aromatic rings.